The van der Waals surface area contributed by atoms with E-state index in [0.29, 0.717) is 5.56 Å². The quantitative estimate of drug-likeness (QED) is 0.771. The van der Waals surface area contributed by atoms with Gasteiger partial charge in [0.25, 0.3) is 0 Å². The monoisotopic (exact) mass is 251 g/mol. The SMILES string of the molecule is Cc1ccc2cc(C(=O)C3(C#N)COC3)ccc2c1. The molecule has 0 amide bonds. The van der Waals surface area contributed by atoms with Crippen molar-refractivity contribution in [2.75, 3.05) is 13.2 Å². The number of carbonyl (C=O) groups excluding carboxylic acids is 1. The molecule has 3 heteroatoms. The first-order chi connectivity index (χ1) is 9.14. The van der Waals surface area contributed by atoms with E-state index in [1.807, 2.05) is 31.2 Å². The van der Waals surface area contributed by atoms with Gasteiger partial charge in [-0.25, -0.2) is 0 Å². The summed E-state index contributed by atoms with van der Waals surface area (Å²) in [4.78, 5) is 12.4. The summed E-state index contributed by atoms with van der Waals surface area (Å²) < 4.78 is 5.03. The number of aryl methyl sites for hydroxylation is 1. The first kappa shape index (κ1) is 11.9. The molecule has 1 aliphatic rings. The Morgan fingerprint density at radius 3 is 2.53 bits per heavy atom. The molecular formula is C16H13NO2. The lowest BCUT2D eigenvalue weighted by atomic mass is 9.79. The number of rotatable bonds is 2. The van der Waals surface area contributed by atoms with Crippen molar-refractivity contribution in [3.8, 4) is 6.07 Å². The highest BCUT2D eigenvalue weighted by atomic mass is 16.5. The van der Waals surface area contributed by atoms with Crippen molar-refractivity contribution in [1.29, 1.82) is 5.26 Å². The Balaban J connectivity index is 2.04. The number of ether oxygens (including phenoxy) is 1. The van der Waals surface area contributed by atoms with Crippen LogP contribution in [0.2, 0.25) is 0 Å². The normalized spacial score (nSPS) is 16.6. The summed E-state index contributed by atoms with van der Waals surface area (Å²) in [6.45, 7) is 2.44. The van der Waals surface area contributed by atoms with Crippen LogP contribution < -0.4 is 0 Å². The van der Waals surface area contributed by atoms with Crippen LogP contribution in [0.1, 0.15) is 15.9 Å². The fourth-order valence-electron chi connectivity index (χ4n) is 2.34. The first-order valence-corrected chi connectivity index (χ1v) is 6.19. The summed E-state index contributed by atoms with van der Waals surface area (Å²) in [5.74, 6) is -0.135. The van der Waals surface area contributed by atoms with E-state index >= 15 is 0 Å². The van der Waals surface area contributed by atoms with Crippen LogP contribution in [-0.2, 0) is 4.74 Å². The number of hydrogen-bond donors (Lipinski definition) is 0. The van der Waals surface area contributed by atoms with Crippen LogP contribution >= 0.6 is 0 Å². The number of ketones is 1. The van der Waals surface area contributed by atoms with Crippen molar-refractivity contribution in [1.82, 2.24) is 0 Å². The second-order valence-electron chi connectivity index (χ2n) is 5.08. The van der Waals surface area contributed by atoms with Crippen LogP contribution in [0.3, 0.4) is 0 Å². The van der Waals surface area contributed by atoms with Crippen LogP contribution in [-0.4, -0.2) is 19.0 Å². The van der Waals surface area contributed by atoms with Crippen molar-refractivity contribution >= 4 is 16.6 Å². The van der Waals surface area contributed by atoms with Gasteiger partial charge in [0.05, 0.1) is 19.3 Å². The lowest BCUT2D eigenvalue weighted by molar-refractivity contribution is -0.0566. The maximum absolute atomic E-state index is 12.4. The zero-order valence-corrected chi connectivity index (χ0v) is 10.6. The van der Waals surface area contributed by atoms with E-state index in [0.717, 1.165) is 10.8 Å². The Morgan fingerprint density at radius 2 is 1.89 bits per heavy atom. The lowest BCUT2D eigenvalue weighted by Gasteiger charge is -2.33. The maximum atomic E-state index is 12.4. The second-order valence-corrected chi connectivity index (χ2v) is 5.08. The van der Waals surface area contributed by atoms with Gasteiger partial charge in [-0.2, -0.15) is 5.26 Å². The van der Waals surface area contributed by atoms with Crippen molar-refractivity contribution in [2.45, 2.75) is 6.92 Å². The molecule has 0 radical (unpaired) electrons. The van der Waals surface area contributed by atoms with E-state index in [4.69, 9.17) is 10.00 Å². The zero-order valence-electron chi connectivity index (χ0n) is 10.6. The predicted octanol–water partition coefficient (Wildman–Crippen LogP) is 2.87. The highest BCUT2D eigenvalue weighted by Gasteiger charge is 2.46. The molecule has 0 saturated carbocycles. The van der Waals surface area contributed by atoms with E-state index in [9.17, 15) is 4.79 Å². The highest BCUT2D eigenvalue weighted by Crippen LogP contribution is 2.31. The van der Waals surface area contributed by atoms with Gasteiger partial charge >= 0.3 is 0 Å². The largest absolute Gasteiger partial charge is 0.377 e. The Labute approximate surface area is 111 Å². The van der Waals surface area contributed by atoms with Gasteiger partial charge in [0.1, 0.15) is 0 Å². The third-order valence-corrected chi connectivity index (χ3v) is 3.60. The van der Waals surface area contributed by atoms with Gasteiger partial charge in [-0.1, -0.05) is 35.9 Å². The molecule has 0 aliphatic carbocycles. The standard InChI is InChI=1S/C16H13NO2/c1-11-2-3-13-7-14(5-4-12(13)6-11)15(18)16(8-17)9-19-10-16/h2-7H,9-10H2,1H3. The Morgan fingerprint density at radius 1 is 1.21 bits per heavy atom. The number of hydrogen-bond acceptors (Lipinski definition) is 3. The topological polar surface area (TPSA) is 50.1 Å². The Kier molecular flexibility index (Phi) is 2.62. The third kappa shape index (κ3) is 1.81. The predicted molar refractivity (Wildman–Crippen MR) is 71.9 cm³/mol. The number of fused-ring (bicyclic) bond motifs is 1. The zero-order chi connectivity index (χ0) is 13.5. The minimum atomic E-state index is -0.974. The minimum absolute atomic E-state index is 0.135. The summed E-state index contributed by atoms with van der Waals surface area (Å²) in [5, 5.41) is 11.3. The molecule has 2 aromatic carbocycles. The molecule has 19 heavy (non-hydrogen) atoms. The van der Waals surface area contributed by atoms with E-state index in [1.165, 1.54) is 5.56 Å². The van der Waals surface area contributed by atoms with Crippen LogP contribution in [0.25, 0.3) is 10.8 Å². The number of benzene rings is 2. The molecule has 0 aromatic heterocycles. The van der Waals surface area contributed by atoms with Crippen molar-refractivity contribution in [3.63, 3.8) is 0 Å². The van der Waals surface area contributed by atoms with E-state index in [1.54, 1.807) is 6.07 Å². The molecule has 0 spiro atoms. The van der Waals surface area contributed by atoms with Crippen molar-refractivity contribution < 1.29 is 9.53 Å². The molecule has 3 rings (SSSR count). The van der Waals surface area contributed by atoms with Gasteiger partial charge in [0.2, 0.25) is 0 Å². The highest BCUT2D eigenvalue weighted by molar-refractivity contribution is 6.05. The lowest BCUT2D eigenvalue weighted by Crippen LogP contribution is -2.47. The summed E-state index contributed by atoms with van der Waals surface area (Å²) in [7, 11) is 0. The number of nitrogens with zero attached hydrogens (tertiary/aromatic N) is 1. The first-order valence-electron chi connectivity index (χ1n) is 6.19. The van der Waals surface area contributed by atoms with Crippen LogP contribution in [0.4, 0.5) is 0 Å². The number of carbonyl (C=O) groups is 1. The van der Waals surface area contributed by atoms with E-state index in [-0.39, 0.29) is 19.0 Å². The fourth-order valence-corrected chi connectivity index (χ4v) is 2.34. The molecule has 3 nitrogen and oxygen atoms in total. The molecule has 0 atom stereocenters. The summed E-state index contributed by atoms with van der Waals surface area (Å²) in [5.41, 5.74) is 0.798. The van der Waals surface area contributed by atoms with Crippen LogP contribution in [0, 0.1) is 23.7 Å². The molecule has 94 valence electrons. The van der Waals surface area contributed by atoms with Crippen LogP contribution in [0.15, 0.2) is 36.4 Å². The summed E-state index contributed by atoms with van der Waals surface area (Å²) >= 11 is 0. The van der Waals surface area contributed by atoms with E-state index in [2.05, 4.69) is 12.1 Å². The van der Waals surface area contributed by atoms with Crippen molar-refractivity contribution in [3.05, 3.63) is 47.5 Å². The van der Waals surface area contributed by atoms with Crippen molar-refractivity contribution in [2.24, 2.45) is 5.41 Å². The molecule has 1 heterocycles. The molecule has 0 unspecified atom stereocenters. The molecule has 1 saturated heterocycles. The summed E-state index contributed by atoms with van der Waals surface area (Å²) in [6.07, 6.45) is 0. The minimum Gasteiger partial charge on any atom is -0.377 e. The van der Waals surface area contributed by atoms with Crippen LogP contribution in [0.5, 0.6) is 0 Å². The number of nitriles is 1. The summed E-state index contributed by atoms with van der Waals surface area (Å²) in [6, 6.07) is 13.8. The number of Topliss-reactive ketones (excluding diaryl/α,β-unsaturated/α-hetero) is 1. The molecule has 2 aromatic rings. The van der Waals surface area contributed by atoms with Gasteiger partial charge < -0.3 is 4.74 Å². The molecule has 1 aliphatic heterocycles. The average Bonchev–Trinajstić information content (AvgIpc) is 2.37. The molecule has 1 fully saturated rings. The van der Waals surface area contributed by atoms with Gasteiger partial charge in [0.15, 0.2) is 11.2 Å². The fraction of sp³-hybridized carbons (Fsp3) is 0.250. The maximum Gasteiger partial charge on any atom is 0.187 e. The smallest absolute Gasteiger partial charge is 0.187 e. The van der Waals surface area contributed by atoms with Gasteiger partial charge in [0, 0.05) is 5.56 Å². The van der Waals surface area contributed by atoms with Gasteiger partial charge in [-0.05, 0) is 23.8 Å². The second kappa shape index (κ2) is 4.18. The van der Waals surface area contributed by atoms with Gasteiger partial charge in [-0.15, -0.1) is 0 Å². The Bertz CT molecular complexity index is 708. The molecule has 0 bridgehead atoms. The van der Waals surface area contributed by atoms with Gasteiger partial charge in [-0.3, -0.25) is 4.79 Å². The molecular weight excluding hydrogens is 238 g/mol. The van der Waals surface area contributed by atoms with E-state index < -0.39 is 5.41 Å². The third-order valence-electron chi connectivity index (χ3n) is 3.60. The molecule has 0 N–H and O–H groups in total. The average molecular weight is 251 g/mol. The Hall–Kier alpha value is -2.18.